The van der Waals surface area contributed by atoms with Crippen LogP contribution in [0.5, 0.6) is 11.5 Å². The lowest BCUT2D eigenvalue weighted by Gasteiger charge is -2.29. The Balaban J connectivity index is 0.963. The zero-order chi connectivity index (χ0) is 41.0. The quantitative estimate of drug-likeness (QED) is 0.159. The van der Waals surface area contributed by atoms with Gasteiger partial charge in [0.05, 0.1) is 5.69 Å². The van der Waals surface area contributed by atoms with E-state index in [4.69, 9.17) is 4.74 Å². The lowest BCUT2D eigenvalue weighted by atomic mass is 9.92. The van der Waals surface area contributed by atoms with E-state index in [9.17, 15) is 0 Å². The Morgan fingerprint density at radius 2 is 0.806 bits per heavy atom. The minimum Gasteiger partial charge on any atom is -0.456 e. The van der Waals surface area contributed by atoms with E-state index in [-0.39, 0.29) is 0 Å². The van der Waals surface area contributed by atoms with Crippen molar-refractivity contribution in [1.82, 2.24) is 0 Å². The van der Waals surface area contributed by atoms with Crippen LogP contribution in [0.3, 0.4) is 0 Å². The van der Waals surface area contributed by atoms with Gasteiger partial charge in [-0.25, -0.2) is 0 Å². The first-order chi connectivity index (χ1) is 30.7. The van der Waals surface area contributed by atoms with Gasteiger partial charge in [-0.05, 0) is 120 Å². The molecule has 62 heavy (non-hydrogen) atoms. The maximum absolute atomic E-state index is 6.48. The van der Waals surface area contributed by atoms with Gasteiger partial charge in [-0.1, -0.05) is 188 Å². The number of fused-ring (bicyclic) bond motifs is 4. The Labute approximate surface area is 361 Å². The molecule has 0 fully saturated rings. The van der Waals surface area contributed by atoms with Gasteiger partial charge in [0.25, 0.3) is 0 Å². The number of benzene rings is 11. The topological polar surface area (TPSA) is 12.5 Å². The number of nitrogens with zero attached hydrogens (tertiary/aromatic N) is 1. The largest absolute Gasteiger partial charge is 0.456 e. The van der Waals surface area contributed by atoms with Gasteiger partial charge in [0, 0.05) is 27.9 Å². The second-order valence-corrected chi connectivity index (χ2v) is 16.1. The highest BCUT2D eigenvalue weighted by Gasteiger charge is 2.22. The van der Waals surface area contributed by atoms with Crippen LogP contribution >= 0.6 is 0 Å². The zero-order valence-electron chi connectivity index (χ0n) is 33.9. The van der Waals surface area contributed by atoms with Crippen LogP contribution in [0, 0.1) is 0 Å². The second kappa shape index (κ2) is 14.8. The first-order valence-corrected chi connectivity index (χ1v) is 21.2. The molecule has 0 unspecified atom stereocenters. The van der Waals surface area contributed by atoms with Gasteiger partial charge >= 0.3 is 0 Å². The summed E-state index contributed by atoms with van der Waals surface area (Å²) in [6, 6.07) is 85.5. The average molecular weight is 790 g/mol. The van der Waals surface area contributed by atoms with Gasteiger partial charge in [0.15, 0.2) is 0 Å². The van der Waals surface area contributed by atoms with E-state index >= 15 is 0 Å². The summed E-state index contributed by atoms with van der Waals surface area (Å²) in [5.74, 6) is 1.79. The van der Waals surface area contributed by atoms with E-state index in [1.165, 1.54) is 65.9 Å². The van der Waals surface area contributed by atoms with Gasteiger partial charge in [-0.15, -0.1) is 0 Å². The third kappa shape index (κ3) is 6.12. The van der Waals surface area contributed by atoms with Gasteiger partial charge in [0.1, 0.15) is 11.5 Å². The van der Waals surface area contributed by atoms with Crippen LogP contribution in [0.4, 0.5) is 17.1 Å². The number of rotatable bonds is 7. The molecular weight excluding hydrogens is 751 g/mol. The summed E-state index contributed by atoms with van der Waals surface area (Å²) < 4.78 is 6.48. The fraction of sp³-hybridized carbons (Fsp3) is 0. The SMILES string of the molecule is c1cc(-c2ccc3c(c2)-c2cccc4cccc(c24)O3)cc(N(c2ccc(-c3ccc(-c4cccc5ccccc45)cc3)cc2)c2ccccc2-c2cccc3ccccc23)c1. The summed E-state index contributed by atoms with van der Waals surface area (Å²) >= 11 is 0. The molecule has 290 valence electrons. The van der Waals surface area contributed by atoms with Crippen molar-refractivity contribution in [3.63, 3.8) is 0 Å². The Morgan fingerprint density at radius 3 is 1.58 bits per heavy atom. The molecule has 0 amide bonds. The highest BCUT2D eigenvalue weighted by molar-refractivity contribution is 6.05. The Bertz CT molecular complexity index is 3480. The second-order valence-electron chi connectivity index (χ2n) is 16.1. The molecule has 1 heterocycles. The summed E-state index contributed by atoms with van der Waals surface area (Å²) in [6.07, 6.45) is 0. The maximum Gasteiger partial charge on any atom is 0.135 e. The van der Waals surface area contributed by atoms with Gasteiger partial charge in [-0.3, -0.25) is 0 Å². The maximum atomic E-state index is 6.48. The highest BCUT2D eigenvalue weighted by atomic mass is 16.5. The summed E-state index contributed by atoms with van der Waals surface area (Å²) in [5.41, 5.74) is 15.0. The van der Waals surface area contributed by atoms with Crippen LogP contribution in [-0.2, 0) is 0 Å². The molecule has 1 aliphatic heterocycles. The molecule has 0 N–H and O–H groups in total. The zero-order valence-corrected chi connectivity index (χ0v) is 33.9. The predicted octanol–water partition coefficient (Wildman–Crippen LogP) is 17.1. The van der Waals surface area contributed by atoms with E-state index in [0.717, 1.165) is 50.6 Å². The van der Waals surface area contributed by atoms with E-state index < -0.39 is 0 Å². The minimum absolute atomic E-state index is 0.880. The van der Waals surface area contributed by atoms with Crippen LogP contribution in [0.15, 0.2) is 237 Å². The van der Waals surface area contributed by atoms with Gasteiger partial charge in [-0.2, -0.15) is 0 Å². The van der Waals surface area contributed by atoms with Crippen LogP contribution in [0.2, 0.25) is 0 Å². The number of hydrogen-bond acceptors (Lipinski definition) is 2. The molecule has 0 saturated heterocycles. The molecule has 2 heteroatoms. The monoisotopic (exact) mass is 789 g/mol. The Morgan fingerprint density at radius 1 is 0.274 bits per heavy atom. The molecule has 1 aliphatic rings. The van der Waals surface area contributed by atoms with Crippen LogP contribution < -0.4 is 9.64 Å². The fourth-order valence-electron chi connectivity index (χ4n) is 9.47. The summed E-state index contributed by atoms with van der Waals surface area (Å²) in [4.78, 5) is 2.41. The highest BCUT2D eigenvalue weighted by Crippen LogP contribution is 2.49. The minimum atomic E-state index is 0.880. The Hall–Kier alpha value is -8.20. The summed E-state index contributed by atoms with van der Waals surface area (Å²) in [5, 5.41) is 7.31. The van der Waals surface area contributed by atoms with Crippen molar-refractivity contribution in [3.8, 4) is 67.1 Å². The predicted molar refractivity (Wildman–Crippen MR) is 261 cm³/mol. The molecule has 0 bridgehead atoms. The smallest absolute Gasteiger partial charge is 0.135 e. The van der Waals surface area contributed by atoms with Crippen molar-refractivity contribution < 1.29 is 4.74 Å². The molecule has 11 aromatic rings. The van der Waals surface area contributed by atoms with Crippen molar-refractivity contribution in [3.05, 3.63) is 237 Å². The lowest BCUT2D eigenvalue weighted by Crippen LogP contribution is -2.11. The van der Waals surface area contributed by atoms with Crippen molar-refractivity contribution in [2.45, 2.75) is 0 Å². The van der Waals surface area contributed by atoms with E-state index in [2.05, 4.69) is 241 Å². The van der Waals surface area contributed by atoms with Crippen molar-refractivity contribution in [2.75, 3.05) is 4.90 Å². The van der Waals surface area contributed by atoms with Gasteiger partial charge in [0.2, 0.25) is 0 Å². The first kappa shape index (κ1) is 35.7. The van der Waals surface area contributed by atoms with Crippen LogP contribution in [0.1, 0.15) is 0 Å². The molecule has 11 aromatic carbocycles. The first-order valence-electron chi connectivity index (χ1n) is 21.2. The number of para-hydroxylation sites is 1. The number of anilines is 3. The third-order valence-electron chi connectivity index (χ3n) is 12.5. The summed E-state index contributed by atoms with van der Waals surface area (Å²) in [7, 11) is 0. The van der Waals surface area contributed by atoms with Crippen LogP contribution in [0.25, 0.3) is 88.0 Å². The fourth-order valence-corrected chi connectivity index (χ4v) is 9.47. The van der Waals surface area contributed by atoms with Crippen molar-refractivity contribution in [2.24, 2.45) is 0 Å². The third-order valence-corrected chi connectivity index (χ3v) is 12.5. The van der Waals surface area contributed by atoms with E-state index in [1.807, 2.05) is 0 Å². The van der Waals surface area contributed by atoms with Crippen LogP contribution in [-0.4, -0.2) is 0 Å². The Kier molecular flexibility index (Phi) is 8.53. The molecule has 0 spiro atoms. The number of hydrogen-bond donors (Lipinski definition) is 0. The van der Waals surface area contributed by atoms with Crippen molar-refractivity contribution in [1.29, 1.82) is 0 Å². The average Bonchev–Trinajstić information content (AvgIpc) is 3.34. The molecule has 0 aromatic heterocycles. The molecular formula is C60H39NO. The molecule has 0 aliphatic carbocycles. The lowest BCUT2D eigenvalue weighted by molar-refractivity contribution is 0.487. The molecule has 12 rings (SSSR count). The normalized spacial score (nSPS) is 11.7. The van der Waals surface area contributed by atoms with Crippen molar-refractivity contribution >= 4 is 49.4 Å². The van der Waals surface area contributed by atoms with Gasteiger partial charge < -0.3 is 9.64 Å². The van der Waals surface area contributed by atoms with E-state index in [1.54, 1.807) is 0 Å². The molecule has 0 atom stereocenters. The molecule has 0 saturated carbocycles. The summed E-state index contributed by atoms with van der Waals surface area (Å²) in [6.45, 7) is 0. The van der Waals surface area contributed by atoms with E-state index in [0.29, 0.717) is 0 Å². The number of ether oxygens (including phenoxy) is 1. The molecule has 0 radical (unpaired) electrons. The molecule has 2 nitrogen and oxygen atoms in total. The standard InChI is InChI=1S/C60H39NO/c1-3-20-50-42(12-1)14-8-23-51(50)44-30-28-40(29-31-44)41-32-35-48(36-33-41)61(57-26-6-5-22-54(57)53-24-9-15-43-13-2-4-21-52(43)53)49-19-7-18-46(38-49)47-34-37-58-56(39-47)55-25-10-16-45-17-11-27-59(62-58)60(45)55/h1-39H.